The van der Waals surface area contributed by atoms with Crippen LogP contribution in [-0.2, 0) is 11.3 Å². The fourth-order valence-corrected chi connectivity index (χ4v) is 3.58. The monoisotopic (exact) mass is 316 g/mol. The van der Waals surface area contributed by atoms with Gasteiger partial charge in [-0.3, -0.25) is 4.90 Å². The molecule has 4 heteroatoms. The predicted octanol–water partition coefficient (Wildman–Crippen LogP) is 3.23. The van der Waals surface area contributed by atoms with Crippen molar-refractivity contribution in [3.05, 3.63) is 46.7 Å². The smallest absolute Gasteiger partial charge is 0.0594 e. The summed E-state index contributed by atoms with van der Waals surface area (Å²) in [6.07, 6.45) is 1.21. The molecule has 1 aromatic heterocycles. The van der Waals surface area contributed by atoms with Crippen LogP contribution in [0.1, 0.15) is 11.3 Å². The maximum absolute atomic E-state index is 5.37. The average molecular weight is 316 g/mol. The van der Waals surface area contributed by atoms with Gasteiger partial charge < -0.3 is 10.1 Å². The molecule has 118 valence electrons. The van der Waals surface area contributed by atoms with Crippen LogP contribution in [0, 0.1) is 0 Å². The van der Waals surface area contributed by atoms with Crippen molar-refractivity contribution in [2.45, 2.75) is 13.0 Å². The van der Waals surface area contributed by atoms with E-state index >= 15 is 0 Å². The van der Waals surface area contributed by atoms with Gasteiger partial charge in [0.1, 0.15) is 0 Å². The number of hydrogen-bond acceptors (Lipinski definition) is 4. The Kier molecular flexibility index (Phi) is 6.02. The number of nitrogens with one attached hydrogen (secondary N) is 1. The molecule has 1 aromatic carbocycles. The summed E-state index contributed by atoms with van der Waals surface area (Å²) in [7, 11) is 0. The number of nitrogens with zero attached hydrogens (tertiary/aromatic N) is 1. The van der Waals surface area contributed by atoms with Crippen LogP contribution in [0.4, 0.5) is 0 Å². The van der Waals surface area contributed by atoms with Gasteiger partial charge in [-0.25, -0.2) is 0 Å². The lowest BCUT2D eigenvalue weighted by Gasteiger charge is -2.26. The van der Waals surface area contributed by atoms with Gasteiger partial charge in [-0.15, -0.1) is 11.3 Å². The predicted molar refractivity (Wildman–Crippen MR) is 93.3 cm³/mol. The molecule has 1 aliphatic heterocycles. The van der Waals surface area contributed by atoms with E-state index in [-0.39, 0.29) is 0 Å². The largest absolute Gasteiger partial charge is 0.379 e. The molecule has 0 saturated carbocycles. The maximum atomic E-state index is 5.37. The summed E-state index contributed by atoms with van der Waals surface area (Å²) in [6, 6.07) is 12.9. The van der Waals surface area contributed by atoms with Crippen molar-refractivity contribution in [1.82, 2.24) is 10.2 Å². The third-order valence-electron chi connectivity index (χ3n) is 3.99. The van der Waals surface area contributed by atoms with Gasteiger partial charge >= 0.3 is 0 Å². The molecule has 0 amide bonds. The van der Waals surface area contributed by atoms with Crippen molar-refractivity contribution in [3.8, 4) is 11.1 Å². The van der Waals surface area contributed by atoms with E-state index in [2.05, 4.69) is 52.0 Å². The number of thiophene rings is 1. The molecule has 1 saturated heterocycles. The Hall–Kier alpha value is -1.20. The van der Waals surface area contributed by atoms with Gasteiger partial charge in [0, 0.05) is 24.5 Å². The number of ether oxygens (including phenoxy) is 1. The molecular formula is C18H24N2OS. The quantitative estimate of drug-likeness (QED) is 0.794. The van der Waals surface area contributed by atoms with Crippen molar-refractivity contribution >= 4 is 11.3 Å². The zero-order chi connectivity index (χ0) is 15.0. The molecule has 2 aromatic rings. The third-order valence-corrected chi connectivity index (χ3v) is 4.93. The summed E-state index contributed by atoms with van der Waals surface area (Å²) in [5.74, 6) is 0. The van der Waals surface area contributed by atoms with Gasteiger partial charge in [-0.05, 0) is 42.1 Å². The van der Waals surface area contributed by atoms with Crippen molar-refractivity contribution in [3.63, 3.8) is 0 Å². The van der Waals surface area contributed by atoms with Crippen LogP contribution >= 0.6 is 11.3 Å². The molecule has 1 N–H and O–H groups in total. The highest BCUT2D eigenvalue weighted by atomic mass is 32.1. The molecule has 1 fully saturated rings. The van der Waals surface area contributed by atoms with E-state index in [9.17, 15) is 0 Å². The Morgan fingerprint density at radius 2 is 1.91 bits per heavy atom. The molecule has 1 aliphatic rings. The molecule has 3 nitrogen and oxygen atoms in total. The molecule has 0 atom stereocenters. The second-order valence-corrected chi connectivity index (χ2v) is 6.65. The Balaban J connectivity index is 1.36. The second-order valence-electron chi connectivity index (χ2n) is 5.65. The van der Waals surface area contributed by atoms with E-state index in [1.807, 2.05) is 11.3 Å². The normalized spacial score (nSPS) is 16.0. The van der Waals surface area contributed by atoms with Crippen LogP contribution in [0.2, 0.25) is 0 Å². The van der Waals surface area contributed by atoms with Crippen LogP contribution in [0.3, 0.4) is 0 Å². The number of hydrogen-bond donors (Lipinski definition) is 1. The average Bonchev–Trinajstić information content (AvgIpc) is 3.05. The molecule has 0 aliphatic carbocycles. The highest BCUT2D eigenvalue weighted by molar-refractivity contribution is 7.10. The highest BCUT2D eigenvalue weighted by Gasteiger charge is 2.09. The lowest BCUT2D eigenvalue weighted by atomic mass is 10.1. The summed E-state index contributed by atoms with van der Waals surface area (Å²) in [5, 5.41) is 5.81. The van der Waals surface area contributed by atoms with Crippen LogP contribution in [0.5, 0.6) is 0 Å². The molecule has 0 radical (unpaired) electrons. The van der Waals surface area contributed by atoms with Gasteiger partial charge in [0.05, 0.1) is 13.2 Å². The van der Waals surface area contributed by atoms with Gasteiger partial charge in [0.2, 0.25) is 0 Å². The number of morpholine rings is 1. The first-order chi connectivity index (χ1) is 10.9. The van der Waals surface area contributed by atoms with E-state index in [0.29, 0.717) is 0 Å². The Morgan fingerprint density at radius 3 is 2.73 bits per heavy atom. The highest BCUT2D eigenvalue weighted by Crippen LogP contribution is 2.25. The fourth-order valence-electron chi connectivity index (χ4n) is 2.72. The minimum Gasteiger partial charge on any atom is -0.379 e. The zero-order valence-electron chi connectivity index (χ0n) is 13.0. The van der Waals surface area contributed by atoms with E-state index < -0.39 is 0 Å². The third kappa shape index (κ3) is 4.65. The first kappa shape index (κ1) is 15.7. The van der Waals surface area contributed by atoms with Crippen LogP contribution in [0.25, 0.3) is 11.1 Å². The van der Waals surface area contributed by atoms with Crippen molar-refractivity contribution in [2.75, 3.05) is 39.4 Å². The van der Waals surface area contributed by atoms with Gasteiger partial charge in [0.15, 0.2) is 0 Å². The molecule has 3 rings (SSSR count). The summed E-state index contributed by atoms with van der Waals surface area (Å²) in [4.78, 5) is 3.90. The van der Waals surface area contributed by atoms with Crippen LogP contribution < -0.4 is 5.32 Å². The summed E-state index contributed by atoms with van der Waals surface area (Å²) < 4.78 is 5.37. The molecule has 2 heterocycles. The maximum Gasteiger partial charge on any atom is 0.0594 e. The molecule has 0 unspecified atom stereocenters. The van der Waals surface area contributed by atoms with E-state index in [1.165, 1.54) is 29.0 Å². The van der Waals surface area contributed by atoms with Crippen LogP contribution in [0.15, 0.2) is 41.8 Å². The lowest BCUT2D eigenvalue weighted by Crippen LogP contribution is -2.37. The van der Waals surface area contributed by atoms with Crippen molar-refractivity contribution in [1.29, 1.82) is 0 Å². The topological polar surface area (TPSA) is 24.5 Å². The zero-order valence-corrected chi connectivity index (χ0v) is 13.8. The van der Waals surface area contributed by atoms with Crippen LogP contribution in [-0.4, -0.2) is 44.3 Å². The summed E-state index contributed by atoms with van der Waals surface area (Å²) in [6.45, 7) is 7.19. The van der Waals surface area contributed by atoms with Crippen molar-refractivity contribution in [2.24, 2.45) is 0 Å². The second kappa shape index (κ2) is 8.44. The Morgan fingerprint density at radius 1 is 1.09 bits per heavy atom. The minimum absolute atomic E-state index is 0.894. The first-order valence-corrected chi connectivity index (χ1v) is 8.93. The first-order valence-electron chi connectivity index (χ1n) is 8.05. The number of rotatable bonds is 7. The standard InChI is InChI=1S/C18H24N2OS/c1-2-5-16(6-3-1)17-13-18(22-15-17)14-19-7-4-8-20-9-11-21-12-10-20/h1-3,5-6,13,15,19H,4,7-12,14H2. The van der Waals surface area contributed by atoms with Gasteiger partial charge in [-0.1, -0.05) is 30.3 Å². The molecule has 0 spiro atoms. The minimum atomic E-state index is 0.894. The molecule has 22 heavy (non-hydrogen) atoms. The van der Waals surface area contributed by atoms with Gasteiger partial charge in [0.25, 0.3) is 0 Å². The Bertz CT molecular complexity index is 549. The summed E-state index contributed by atoms with van der Waals surface area (Å²) in [5.41, 5.74) is 2.63. The van der Waals surface area contributed by atoms with E-state index in [0.717, 1.165) is 39.4 Å². The number of benzene rings is 1. The summed E-state index contributed by atoms with van der Waals surface area (Å²) >= 11 is 1.84. The molecular weight excluding hydrogens is 292 g/mol. The SMILES string of the molecule is c1ccc(-c2csc(CNCCCN3CCOCC3)c2)cc1. The van der Waals surface area contributed by atoms with E-state index in [1.54, 1.807) is 0 Å². The van der Waals surface area contributed by atoms with E-state index in [4.69, 9.17) is 4.74 Å². The fraction of sp³-hybridized carbons (Fsp3) is 0.444. The lowest BCUT2D eigenvalue weighted by molar-refractivity contribution is 0.0374. The van der Waals surface area contributed by atoms with Gasteiger partial charge in [-0.2, -0.15) is 0 Å². The molecule has 0 bridgehead atoms. The Labute approximate surface area is 136 Å². The van der Waals surface area contributed by atoms with Crippen molar-refractivity contribution < 1.29 is 4.74 Å².